The number of aromatic nitrogens is 3. The van der Waals surface area contributed by atoms with Crippen LogP contribution in [0.25, 0.3) is 5.52 Å². The number of nitrogens with zero attached hydrogens (tertiary/aromatic N) is 3. The van der Waals surface area contributed by atoms with Crippen LogP contribution >= 0.6 is 11.6 Å². The van der Waals surface area contributed by atoms with E-state index in [0.717, 1.165) is 0 Å². The zero-order valence-corrected chi connectivity index (χ0v) is 7.77. The molecule has 0 unspecified atom stereocenters. The quantitative estimate of drug-likeness (QED) is 0.805. The summed E-state index contributed by atoms with van der Waals surface area (Å²) in [6, 6.07) is 0. The van der Waals surface area contributed by atoms with Crippen LogP contribution in [0.5, 0.6) is 0 Å². The second kappa shape index (κ2) is 3.26. The van der Waals surface area contributed by atoms with E-state index in [1.807, 2.05) is 0 Å². The van der Waals surface area contributed by atoms with Crippen molar-refractivity contribution in [3.05, 3.63) is 29.6 Å². The summed E-state index contributed by atoms with van der Waals surface area (Å²) in [7, 11) is 0. The molecule has 0 aliphatic heterocycles. The molecule has 0 amide bonds. The Hall–Kier alpha value is -1.62. The first-order valence-electron chi connectivity index (χ1n) is 3.86. The van der Waals surface area contributed by atoms with Crippen LogP contribution in [0.1, 0.15) is 5.69 Å². The van der Waals surface area contributed by atoms with E-state index in [1.165, 1.54) is 6.20 Å². The third-order valence-corrected chi connectivity index (χ3v) is 2.07. The van der Waals surface area contributed by atoms with Crippen LogP contribution in [0.2, 0.25) is 5.28 Å². The van der Waals surface area contributed by atoms with Gasteiger partial charge in [0.05, 0.1) is 23.8 Å². The lowest BCUT2D eigenvalue weighted by molar-refractivity contribution is -0.136. The molecular weight excluding hydrogens is 206 g/mol. The van der Waals surface area contributed by atoms with Crippen molar-refractivity contribution in [1.29, 1.82) is 0 Å². The highest BCUT2D eigenvalue weighted by Gasteiger charge is 2.11. The molecule has 0 bridgehead atoms. The number of carbonyl (C=O) groups is 1. The van der Waals surface area contributed by atoms with E-state index in [4.69, 9.17) is 16.7 Å². The van der Waals surface area contributed by atoms with Crippen LogP contribution in [0.15, 0.2) is 18.6 Å². The van der Waals surface area contributed by atoms with Crippen molar-refractivity contribution in [2.75, 3.05) is 0 Å². The van der Waals surface area contributed by atoms with Crippen molar-refractivity contribution in [3.8, 4) is 0 Å². The molecule has 0 atom stereocenters. The lowest BCUT2D eigenvalue weighted by Gasteiger charge is -1.93. The highest BCUT2D eigenvalue weighted by molar-refractivity contribution is 6.28. The monoisotopic (exact) mass is 211 g/mol. The van der Waals surface area contributed by atoms with Gasteiger partial charge >= 0.3 is 5.97 Å². The van der Waals surface area contributed by atoms with Gasteiger partial charge in [0.25, 0.3) is 0 Å². The molecule has 72 valence electrons. The molecule has 0 aliphatic carbocycles. The van der Waals surface area contributed by atoms with Gasteiger partial charge in [-0.05, 0) is 11.6 Å². The smallest absolute Gasteiger partial charge is 0.309 e. The number of carboxylic acids is 1. The molecule has 0 saturated carbocycles. The minimum atomic E-state index is -0.939. The molecule has 0 aliphatic rings. The van der Waals surface area contributed by atoms with Crippen LogP contribution in [0.4, 0.5) is 0 Å². The minimum absolute atomic E-state index is 0.151. The predicted octanol–water partition coefficient (Wildman–Crippen LogP) is 1.01. The van der Waals surface area contributed by atoms with Gasteiger partial charge in [-0.1, -0.05) is 0 Å². The van der Waals surface area contributed by atoms with Gasteiger partial charge < -0.3 is 5.11 Å². The molecule has 0 radical (unpaired) electrons. The number of halogens is 1. The van der Waals surface area contributed by atoms with E-state index < -0.39 is 5.97 Å². The summed E-state index contributed by atoms with van der Waals surface area (Å²) in [5, 5.41) is 8.87. The minimum Gasteiger partial charge on any atom is -0.481 e. The highest BCUT2D eigenvalue weighted by Crippen LogP contribution is 2.15. The van der Waals surface area contributed by atoms with E-state index in [2.05, 4.69) is 9.97 Å². The molecule has 0 saturated heterocycles. The van der Waals surface area contributed by atoms with Gasteiger partial charge in [-0.3, -0.25) is 14.2 Å². The zero-order chi connectivity index (χ0) is 10.1. The molecule has 2 aromatic heterocycles. The molecule has 6 heteroatoms. The fourth-order valence-corrected chi connectivity index (χ4v) is 1.48. The lowest BCUT2D eigenvalue weighted by Crippen LogP contribution is -2.00. The number of fused-ring (bicyclic) bond motifs is 1. The molecule has 2 heterocycles. The highest BCUT2D eigenvalue weighted by atomic mass is 35.5. The third kappa shape index (κ3) is 1.42. The summed E-state index contributed by atoms with van der Waals surface area (Å²) in [6.07, 6.45) is 4.58. The predicted molar refractivity (Wildman–Crippen MR) is 49.3 cm³/mol. The van der Waals surface area contributed by atoms with Crippen molar-refractivity contribution in [2.45, 2.75) is 6.42 Å². The number of hydrogen-bond acceptors (Lipinski definition) is 3. The average Bonchev–Trinajstić information content (AvgIpc) is 2.44. The maximum atomic E-state index is 10.5. The summed E-state index contributed by atoms with van der Waals surface area (Å²) in [5.41, 5.74) is 1.05. The lowest BCUT2D eigenvalue weighted by atomic mass is 10.3. The summed E-state index contributed by atoms with van der Waals surface area (Å²) in [5.74, 6) is -0.939. The number of aliphatic carboxylic acids is 1. The first kappa shape index (κ1) is 8.96. The second-order valence-electron chi connectivity index (χ2n) is 2.73. The normalized spacial score (nSPS) is 10.6. The zero-order valence-electron chi connectivity index (χ0n) is 7.01. The van der Waals surface area contributed by atoms with Crippen molar-refractivity contribution in [3.63, 3.8) is 0 Å². The van der Waals surface area contributed by atoms with Crippen molar-refractivity contribution < 1.29 is 9.90 Å². The van der Waals surface area contributed by atoms with E-state index in [9.17, 15) is 4.79 Å². The summed E-state index contributed by atoms with van der Waals surface area (Å²) in [6.45, 7) is 0. The molecule has 1 N–H and O–H groups in total. The third-order valence-electron chi connectivity index (χ3n) is 1.80. The average molecular weight is 212 g/mol. The Morgan fingerprint density at radius 1 is 1.64 bits per heavy atom. The number of hydrogen-bond donors (Lipinski definition) is 1. The maximum absolute atomic E-state index is 10.5. The van der Waals surface area contributed by atoms with Crippen LogP contribution in [0, 0.1) is 0 Å². The summed E-state index contributed by atoms with van der Waals surface area (Å²) in [4.78, 5) is 18.3. The van der Waals surface area contributed by atoms with Crippen molar-refractivity contribution in [1.82, 2.24) is 14.4 Å². The Labute approximate surface area is 84.0 Å². The van der Waals surface area contributed by atoms with E-state index in [0.29, 0.717) is 11.2 Å². The molecule has 2 rings (SSSR count). The Kier molecular flexibility index (Phi) is 2.09. The molecule has 5 nitrogen and oxygen atoms in total. The topological polar surface area (TPSA) is 67.5 Å². The second-order valence-corrected chi connectivity index (χ2v) is 3.07. The Bertz CT molecular complexity index is 494. The first-order valence-corrected chi connectivity index (χ1v) is 4.24. The Morgan fingerprint density at radius 2 is 2.43 bits per heavy atom. The largest absolute Gasteiger partial charge is 0.481 e. The fourth-order valence-electron chi connectivity index (χ4n) is 1.23. The molecular formula is C8H6ClN3O2. The van der Waals surface area contributed by atoms with Crippen LogP contribution < -0.4 is 0 Å². The van der Waals surface area contributed by atoms with Crippen LogP contribution in [0.3, 0.4) is 0 Å². The molecule has 0 spiro atoms. The van der Waals surface area contributed by atoms with Gasteiger partial charge in [0.2, 0.25) is 5.28 Å². The summed E-state index contributed by atoms with van der Waals surface area (Å²) < 4.78 is 1.59. The molecule has 0 fully saturated rings. The molecule has 14 heavy (non-hydrogen) atoms. The Morgan fingerprint density at radius 3 is 3.14 bits per heavy atom. The summed E-state index contributed by atoms with van der Waals surface area (Å²) >= 11 is 5.79. The van der Waals surface area contributed by atoms with E-state index in [1.54, 1.807) is 16.8 Å². The van der Waals surface area contributed by atoms with Crippen LogP contribution in [-0.4, -0.2) is 25.4 Å². The number of carboxylic acid groups (broad SMARTS) is 1. The molecule has 0 aromatic carbocycles. The van der Waals surface area contributed by atoms with Gasteiger partial charge in [-0.15, -0.1) is 0 Å². The number of rotatable bonds is 2. The van der Waals surface area contributed by atoms with Crippen LogP contribution in [-0.2, 0) is 11.2 Å². The Balaban J connectivity index is 2.60. The fraction of sp³-hybridized carbons (Fsp3) is 0.125. The standard InChI is InChI=1S/C8H6ClN3O2/c9-8-11-5(3-7(13)14)6-4-10-1-2-12(6)8/h1-2,4H,3H2,(H,13,14). The van der Waals surface area contributed by atoms with Gasteiger partial charge in [-0.2, -0.15) is 0 Å². The van der Waals surface area contributed by atoms with Crippen molar-refractivity contribution >= 4 is 23.1 Å². The first-order chi connectivity index (χ1) is 6.68. The van der Waals surface area contributed by atoms with Gasteiger partial charge in [0.1, 0.15) is 0 Å². The maximum Gasteiger partial charge on any atom is 0.309 e. The SMILES string of the molecule is O=C(O)Cc1nc(Cl)n2ccncc12. The van der Waals surface area contributed by atoms with E-state index in [-0.39, 0.29) is 11.7 Å². The molecule has 2 aromatic rings. The van der Waals surface area contributed by atoms with Crippen molar-refractivity contribution in [2.24, 2.45) is 0 Å². The van der Waals surface area contributed by atoms with Gasteiger partial charge in [0.15, 0.2) is 0 Å². The van der Waals surface area contributed by atoms with Gasteiger partial charge in [0, 0.05) is 12.4 Å². The van der Waals surface area contributed by atoms with Gasteiger partial charge in [-0.25, -0.2) is 4.98 Å². The number of imidazole rings is 1. The van der Waals surface area contributed by atoms with E-state index >= 15 is 0 Å².